The molecule has 3 heterocycles. The minimum absolute atomic E-state index is 0.0103. The van der Waals surface area contributed by atoms with Crippen LogP contribution in [0.5, 0.6) is 11.5 Å². The zero-order valence-corrected chi connectivity index (χ0v) is 16.9. The van der Waals surface area contributed by atoms with Crippen LogP contribution in [0.15, 0.2) is 54.6 Å². The number of nitrogens with zero attached hydrogens (tertiary/aromatic N) is 4. The first-order valence-electron chi connectivity index (χ1n) is 9.97. The van der Waals surface area contributed by atoms with Gasteiger partial charge in [-0.1, -0.05) is 29.5 Å². The molecule has 2 aromatic carbocycles. The van der Waals surface area contributed by atoms with Gasteiger partial charge >= 0.3 is 0 Å². The van der Waals surface area contributed by atoms with Crippen LogP contribution in [0.1, 0.15) is 21.7 Å². The Balaban J connectivity index is 1.35. The molecule has 152 valence electrons. The lowest BCUT2D eigenvalue weighted by Crippen LogP contribution is -2.33. The highest BCUT2D eigenvalue weighted by molar-refractivity contribution is 5.97. The largest absolute Gasteiger partial charge is 0.486 e. The van der Waals surface area contributed by atoms with Crippen LogP contribution in [0, 0.1) is 13.8 Å². The van der Waals surface area contributed by atoms with E-state index >= 15 is 0 Å². The number of hydrogen-bond acceptors (Lipinski definition) is 5. The molecule has 0 N–H and O–H groups in total. The zero-order valence-electron chi connectivity index (χ0n) is 16.9. The number of hydrogen-bond donors (Lipinski definition) is 0. The molecular formula is C23H22N4O3. The van der Waals surface area contributed by atoms with Crippen molar-refractivity contribution in [3.63, 3.8) is 0 Å². The average molecular weight is 402 g/mol. The number of aryl methyl sites for hydroxylation is 1. The molecule has 1 aliphatic heterocycles. The molecule has 0 saturated heterocycles. The third-order valence-corrected chi connectivity index (χ3v) is 5.54. The number of ketones is 1. The van der Waals surface area contributed by atoms with Gasteiger partial charge < -0.3 is 14.0 Å². The molecule has 0 radical (unpaired) electrons. The third kappa shape index (κ3) is 3.22. The quantitative estimate of drug-likeness (QED) is 0.477. The Hall–Kier alpha value is -3.61. The summed E-state index contributed by atoms with van der Waals surface area (Å²) in [5, 5.41) is 8.27. The van der Waals surface area contributed by atoms with E-state index in [2.05, 4.69) is 14.9 Å². The van der Waals surface area contributed by atoms with E-state index in [1.165, 1.54) is 0 Å². The van der Waals surface area contributed by atoms with E-state index in [9.17, 15) is 4.79 Å². The van der Waals surface area contributed by atoms with Crippen molar-refractivity contribution in [1.82, 2.24) is 19.6 Å². The highest BCUT2D eigenvalue weighted by atomic mass is 16.6. The lowest BCUT2D eigenvalue weighted by molar-refractivity contribution is 0.0777. The van der Waals surface area contributed by atoms with Crippen molar-refractivity contribution >= 4 is 16.8 Å². The van der Waals surface area contributed by atoms with Crippen LogP contribution < -0.4 is 9.47 Å². The van der Waals surface area contributed by atoms with E-state index in [1.54, 1.807) is 4.68 Å². The number of carbonyl (C=O) groups excluding carboxylic acids is 1. The molecule has 2 aromatic heterocycles. The van der Waals surface area contributed by atoms with Gasteiger partial charge in [-0.05, 0) is 44.2 Å². The van der Waals surface area contributed by atoms with Crippen LogP contribution in [0.25, 0.3) is 11.0 Å². The summed E-state index contributed by atoms with van der Waals surface area (Å²) in [7, 11) is 0. The van der Waals surface area contributed by atoms with Gasteiger partial charge in [0.1, 0.15) is 18.7 Å². The average Bonchev–Trinajstić information content (AvgIpc) is 3.29. The van der Waals surface area contributed by atoms with Crippen molar-refractivity contribution in [3.05, 3.63) is 71.5 Å². The number of fused-ring (bicyclic) bond motifs is 2. The normalized spacial score (nSPS) is 15.5. The maximum atomic E-state index is 13.0. The van der Waals surface area contributed by atoms with E-state index in [0.717, 1.165) is 33.9 Å². The molecule has 0 bridgehead atoms. The molecule has 7 heteroatoms. The van der Waals surface area contributed by atoms with Crippen molar-refractivity contribution in [2.24, 2.45) is 0 Å². The van der Waals surface area contributed by atoms with E-state index in [0.29, 0.717) is 18.7 Å². The Morgan fingerprint density at radius 2 is 1.87 bits per heavy atom. The van der Waals surface area contributed by atoms with Crippen LogP contribution in [-0.2, 0) is 13.1 Å². The number of benzene rings is 2. The predicted molar refractivity (Wildman–Crippen MR) is 112 cm³/mol. The molecule has 1 atom stereocenters. The molecule has 4 aromatic rings. The minimum Gasteiger partial charge on any atom is -0.486 e. The fourth-order valence-electron chi connectivity index (χ4n) is 3.98. The standard InChI is InChI=1S/C23H22N4O3/c1-15-11-18(21(28)13-27-20-8-4-3-7-19(20)24-25-27)16(2)26(15)12-17-14-29-22-9-5-6-10-23(22)30-17/h3-11,17H,12-14H2,1-2H3/t17-/m1/s1. The number of ether oxygens (including phenoxy) is 2. The van der Waals surface area contributed by atoms with Gasteiger partial charge in [0.2, 0.25) is 0 Å². The summed E-state index contributed by atoms with van der Waals surface area (Å²) in [6.07, 6.45) is -0.119. The van der Waals surface area contributed by atoms with Gasteiger partial charge in [-0.3, -0.25) is 4.79 Å². The van der Waals surface area contributed by atoms with Gasteiger partial charge in [-0.15, -0.1) is 5.10 Å². The number of rotatable bonds is 5. The fraction of sp³-hybridized carbons (Fsp3) is 0.261. The van der Waals surface area contributed by atoms with Crippen molar-refractivity contribution in [2.75, 3.05) is 6.61 Å². The summed E-state index contributed by atoms with van der Waals surface area (Å²) in [4.78, 5) is 13.0. The molecule has 5 rings (SSSR count). The van der Waals surface area contributed by atoms with Crippen LogP contribution in [0.3, 0.4) is 0 Å². The van der Waals surface area contributed by atoms with Gasteiger partial charge in [0.15, 0.2) is 23.4 Å². The maximum absolute atomic E-state index is 13.0. The second-order valence-electron chi connectivity index (χ2n) is 7.55. The second kappa shape index (κ2) is 7.33. The van der Waals surface area contributed by atoms with Crippen molar-refractivity contribution in [3.8, 4) is 11.5 Å². The molecule has 1 aliphatic rings. The highest BCUT2D eigenvalue weighted by Gasteiger charge is 2.24. The van der Waals surface area contributed by atoms with Crippen LogP contribution in [0.4, 0.5) is 0 Å². The summed E-state index contributed by atoms with van der Waals surface area (Å²) in [6, 6.07) is 17.3. The summed E-state index contributed by atoms with van der Waals surface area (Å²) in [5.41, 5.74) is 4.27. The third-order valence-electron chi connectivity index (χ3n) is 5.54. The second-order valence-corrected chi connectivity index (χ2v) is 7.55. The van der Waals surface area contributed by atoms with Gasteiger partial charge in [-0.2, -0.15) is 0 Å². The molecule has 0 spiro atoms. The van der Waals surface area contributed by atoms with Crippen molar-refractivity contribution in [2.45, 2.75) is 33.0 Å². The predicted octanol–water partition coefficient (Wildman–Crippen LogP) is 3.57. The first-order valence-corrected chi connectivity index (χ1v) is 9.97. The summed E-state index contributed by atoms with van der Waals surface area (Å²) >= 11 is 0. The fourth-order valence-corrected chi connectivity index (χ4v) is 3.98. The molecule has 30 heavy (non-hydrogen) atoms. The molecule has 0 saturated carbocycles. The first-order chi connectivity index (χ1) is 14.6. The van der Waals surface area contributed by atoms with Crippen molar-refractivity contribution < 1.29 is 14.3 Å². The number of aromatic nitrogens is 4. The molecule has 0 amide bonds. The summed E-state index contributed by atoms with van der Waals surface area (Å²) in [6.45, 7) is 5.22. The Labute approximate surface area is 173 Å². The number of carbonyl (C=O) groups is 1. The van der Waals surface area contributed by atoms with Gasteiger partial charge in [0.25, 0.3) is 0 Å². The van der Waals surface area contributed by atoms with Crippen molar-refractivity contribution in [1.29, 1.82) is 0 Å². The minimum atomic E-state index is -0.119. The Morgan fingerprint density at radius 3 is 2.73 bits per heavy atom. The first kappa shape index (κ1) is 18.4. The topological polar surface area (TPSA) is 71.2 Å². The lowest BCUT2D eigenvalue weighted by atomic mass is 10.1. The van der Waals surface area contributed by atoms with Crippen LogP contribution in [-0.4, -0.2) is 38.1 Å². The lowest BCUT2D eigenvalue weighted by Gasteiger charge is -2.27. The summed E-state index contributed by atoms with van der Waals surface area (Å²) < 4.78 is 15.7. The Bertz CT molecular complexity index is 1240. The number of para-hydroxylation sites is 3. The van der Waals surface area contributed by atoms with E-state index in [4.69, 9.17) is 9.47 Å². The molecular weight excluding hydrogens is 380 g/mol. The summed E-state index contributed by atoms with van der Waals surface area (Å²) in [5.74, 6) is 1.53. The SMILES string of the molecule is Cc1cc(C(=O)Cn2nnc3ccccc32)c(C)n1C[C@@H]1COc2ccccc2O1. The maximum Gasteiger partial charge on any atom is 0.186 e. The molecule has 0 aliphatic carbocycles. The van der Waals surface area contributed by atoms with Crippen LogP contribution >= 0.6 is 0 Å². The Morgan fingerprint density at radius 1 is 1.10 bits per heavy atom. The highest BCUT2D eigenvalue weighted by Crippen LogP contribution is 2.31. The van der Waals surface area contributed by atoms with Crippen LogP contribution in [0.2, 0.25) is 0 Å². The van der Waals surface area contributed by atoms with E-state index in [-0.39, 0.29) is 18.4 Å². The molecule has 7 nitrogen and oxygen atoms in total. The Kier molecular flexibility index (Phi) is 4.50. The van der Waals surface area contributed by atoms with Gasteiger partial charge in [0.05, 0.1) is 12.1 Å². The molecule has 0 unspecified atom stereocenters. The zero-order chi connectivity index (χ0) is 20.7. The smallest absolute Gasteiger partial charge is 0.186 e. The van der Waals surface area contributed by atoms with Gasteiger partial charge in [-0.25, -0.2) is 4.68 Å². The molecule has 0 fully saturated rings. The van der Waals surface area contributed by atoms with E-state index in [1.807, 2.05) is 68.4 Å². The number of Topliss-reactive ketones (excluding diaryl/α,β-unsaturated/α-hetero) is 1. The van der Waals surface area contributed by atoms with Gasteiger partial charge in [0, 0.05) is 17.0 Å². The van der Waals surface area contributed by atoms with E-state index < -0.39 is 0 Å². The monoisotopic (exact) mass is 402 g/mol.